The molecule has 2 unspecified atom stereocenters. The zero-order valence-corrected chi connectivity index (χ0v) is 10.1. The van der Waals surface area contributed by atoms with Crippen LogP contribution in [0.15, 0.2) is 0 Å². The number of rotatable bonds is 4. The second-order valence-corrected chi connectivity index (χ2v) is 4.02. The summed E-state index contributed by atoms with van der Waals surface area (Å²) in [6.07, 6.45) is 0.874. The zero-order chi connectivity index (χ0) is 12.8. The SMILES string of the molecule is CCOC(=O)C(C)NC(=O)C1CCC(=O)NC1. The maximum absolute atomic E-state index is 11.8. The van der Waals surface area contributed by atoms with E-state index in [0.717, 1.165) is 0 Å². The largest absolute Gasteiger partial charge is 0.464 e. The second-order valence-electron chi connectivity index (χ2n) is 4.02. The van der Waals surface area contributed by atoms with Gasteiger partial charge in [0.15, 0.2) is 0 Å². The summed E-state index contributed by atoms with van der Waals surface area (Å²) >= 11 is 0. The molecule has 1 fully saturated rings. The minimum absolute atomic E-state index is 0.0347. The molecule has 6 nitrogen and oxygen atoms in total. The molecule has 2 amide bonds. The molecule has 6 heteroatoms. The van der Waals surface area contributed by atoms with E-state index in [1.807, 2.05) is 0 Å². The van der Waals surface area contributed by atoms with Gasteiger partial charge in [-0.3, -0.25) is 9.59 Å². The molecule has 17 heavy (non-hydrogen) atoms. The number of carbonyl (C=O) groups excluding carboxylic acids is 3. The third-order valence-corrected chi connectivity index (χ3v) is 2.64. The summed E-state index contributed by atoms with van der Waals surface area (Å²) in [7, 11) is 0. The van der Waals surface area contributed by atoms with Crippen molar-refractivity contribution < 1.29 is 19.1 Å². The highest BCUT2D eigenvalue weighted by Gasteiger charge is 2.26. The molecule has 2 N–H and O–H groups in total. The smallest absolute Gasteiger partial charge is 0.328 e. The fourth-order valence-electron chi connectivity index (χ4n) is 1.61. The average molecular weight is 242 g/mol. The van der Waals surface area contributed by atoms with Crippen LogP contribution in [-0.4, -0.2) is 37.0 Å². The Bertz CT molecular complexity index is 307. The Hall–Kier alpha value is -1.59. The van der Waals surface area contributed by atoms with Gasteiger partial charge in [0.1, 0.15) is 6.04 Å². The van der Waals surface area contributed by atoms with Crippen LogP contribution in [-0.2, 0) is 19.1 Å². The number of carbonyl (C=O) groups is 3. The number of hydrogen-bond acceptors (Lipinski definition) is 4. The van der Waals surface area contributed by atoms with Crippen molar-refractivity contribution in [3.8, 4) is 0 Å². The van der Waals surface area contributed by atoms with Gasteiger partial charge in [-0.05, 0) is 20.3 Å². The van der Waals surface area contributed by atoms with Crippen molar-refractivity contribution in [1.82, 2.24) is 10.6 Å². The minimum Gasteiger partial charge on any atom is -0.464 e. The molecule has 1 rings (SSSR count). The Morgan fingerprint density at radius 1 is 1.59 bits per heavy atom. The van der Waals surface area contributed by atoms with Gasteiger partial charge in [-0.15, -0.1) is 0 Å². The monoisotopic (exact) mass is 242 g/mol. The number of hydrogen-bond donors (Lipinski definition) is 2. The Labute approximate surface area is 100 Å². The standard InChI is InChI=1S/C11H18N2O4/c1-3-17-11(16)7(2)13-10(15)8-4-5-9(14)12-6-8/h7-8H,3-6H2,1-2H3,(H,12,14)(H,13,15). The van der Waals surface area contributed by atoms with Gasteiger partial charge in [0, 0.05) is 13.0 Å². The molecule has 0 aromatic carbocycles. The Morgan fingerprint density at radius 2 is 2.29 bits per heavy atom. The van der Waals surface area contributed by atoms with Crippen LogP contribution >= 0.6 is 0 Å². The summed E-state index contributed by atoms with van der Waals surface area (Å²) in [6, 6.07) is -0.653. The summed E-state index contributed by atoms with van der Waals surface area (Å²) in [5, 5.41) is 5.21. The van der Waals surface area contributed by atoms with E-state index in [0.29, 0.717) is 26.0 Å². The molecule has 0 saturated carbocycles. The van der Waals surface area contributed by atoms with E-state index >= 15 is 0 Å². The molecule has 1 aliphatic heterocycles. The molecule has 1 saturated heterocycles. The second kappa shape index (κ2) is 6.22. The quantitative estimate of drug-likeness (QED) is 0.656. The number of piperidine rings is 1. The molecule has 1 heterocycles. The van der Waals surface area contributed by atoms with Crippen LogP contribution in [0, 0.1) is 5.92 Å². The van der Waals surface area contributed by atoms with Crippen LogP contribution in [0.4, 0.5) is 0 Å². The molecule has 0 aliphatic carbocycles. The van der Waals surface area contributed by atoms with Gasteiger partial charge in [-0.25, -0.2) is 4.79 Å². The van der Waals surface area contributed by atoms with Gasteiger partial charge in [0.05, 0.1) is 12.5 Å². The summed E-state index contributed by atoms with van der Waals surface area (Å²) in [5.74, 6) is -0.955. The lowest BCUT2D eigenvalue weighted by molar-refractivity contribution is -0.147. The Balaban J connectivity index is 2.38. The molecular formula is C11H18N2O4. The number of amides is 2. The van der Waals surface area contributed by atoms with Crippen LogP contribution in [0.2, 0.25) is 0 Å². The summed E-state index contributed by atoms with van der Waals surface area (Å²) in [6.45, 7) is 3.92. The van der Waals surface area contributed by atoms with Crippen molar-refractivity contribution in [3.05, 3.63) is 0 Å². The number of nitrogens with one attached hydrogen (secondary N) is 2. The number of ether oxygens (including phenoxy) is 1. The van der Waals surface area contributed by atoms with Gasteiger partial charge in [0.25, 0.3) is 0 Å². The maximum atomic E-state index is 11.8. The maximum Gasteiger partial charge on any atom is 0.328 e. The van der Waals surface area contributed by atoms with Crippen LogP contribution in [0.3, 0.4) is 0 Å². The molecule has 0 aromatic rings. The first-order chi connectivity index (χ1) is 8.04. The predicted octanol–water partition coefficient (Wildman–Crippen LogP) is -0.420. The summed E-state index contributed by atoms with van der Waals surface area (Å²) in [5.41, 5.74) is 0. The summed E-state index contributed by atoms with van der Waals surface area (Å²) in [4.78, 5) is 34.0. The highest BCUT2D eigenvalue weighted by Crippen LogP contribution is 2.11. The molecule has 0 bridgehead atoms. The van der Waals surface area contributed by atoms with E-state index in [4.69, 9.17) is 4.74 Å². The van der Waals surface area contributed by atoms with E-state index in [9.17, 15) is 14.4 Å². The average Bonchev–Trinajstić information content (AvgIpc) is 2.30. The van der Waals surface area contributed by atoms with E-state index in [1.54, 1.807) is 13.8 Å². The topological polar surface area (TPSA) is 84.5 Å². The first kappa shape index (κ1) is 13.5. The Morgan fingerprint density at radius 3 is 2.82 bits per heavy atom. The van der Waals surface area contributed by atoms with Crippen molar-refractivity contribution in [3.63, 3.8) is 0 Å². The van der Waals surface area contributed by atoms with Crippen LogP contribution in [0.1, 0.15) is 26.7 Å². The fraction of sp³-hybridized carbons (Fsp3) is 0.727. The normalized spacial score (nSPS) is 21.3. The Kier molecular flexibility index (Phi) is 4.93. The van der Waals surface area contributed by atoms with Crippen molar-refractivity contribution >= 4 is 17.8 Å². The molecule has 1 aliphatic rings. The van der Waals surface area contributed by atoms with E-state index in [1.165, 1.54) is 0 Å². The fourth-order valence-corrected chi connectivity index (χ4v) is 1.61. The lowest BCUT2D eigenvalue weighted by Crippen LogP contribution is -2.47. The van der Waals surface area contributed by atoms with Crippen molar-refractivity contribution in [2.75, 3.05) is 13.2 Å². The van der Waals surface area contributed by atoms with Gasteiger partial charge in [-0.1, -0.05) is 0 Å². The number of esters is 1. The van der Waals surface area contributed by atoms with Crippen LogP contribution in [0.25, 0.3) is 0 Å². The van der Waals surface area contributed by atoms with E-state index < -0.39 is 12.0 Å². The lowest BCUT2D eigenvalue weighted by atomic mass is 9.98. The van der Waals surface area contributed by atoms with E-state index in [-0.39, 0.29) is 17.7 Å². The van der Waals surface area contributed by atoms with Gasteiger partial charge in [-0.2, -0.15) is 0 Å². The molecule has 0 radical (unpaired) electrons. The molecule has 0 spiro atoms. The lowest BCUT2D eigenvalue weighted by Gasteiger charge is -2.23. The van der Waals surface area contributed by atoms with Gasteiger partial charge < -0.3 is 15.4 Å². The molecular weight excluding hydrogens is 224 g/mol. The van der Waals surface area contributed by atoms with E-state index in [2.05, 4.69) is 10.6 Å². The third-order valence-electron chi connectivity index (χ3n) is 2.64. The third kappa shape index (κ3) is 4.05. The minimum atomic E-state index is -0.653. The zero-order valence-electron chi connectivity index (χ0n) is 10.1. The molecule has 96 valence electrons. The predicted molar refractivity (Wildman–Crippen MR) is 60.0 cm³/mol. The highest BCUT2D eigenvalue weighted by atomic mass is 16.5. The summed E-state index contributed by atoms with van der Waals surface area (Å²) < 4.78 is 4.79. The van der Waals surface area contributed by atoms with Crippen molar-refractivity contribution in [1.29, 1.82) is 0 Å². The molecule has 2 atom stereocenters. The van der Waals surface area contributed by atoms with Crippen LogP contribution in [0.5, 0.6) is 0 Å². The molecule has 0 aromatic heterocycles. The van der Waals surface area contributed by atoms with Crippen molar-refractivity contribution in [2.45, 2.75) is 32.7 Å². The first-order valence-electron chi connectivity index (χ1n) is 5.78. The van der Waals surface area contributed by atoms with Crippen molar-refractivity contribution in [2.24, 2.45) is 5.92 Å². The van der Waals surface area contributed by atoms with Gasteiger partial charge in [0.2, 0.25) is 11.8 Å². The first-order valence-corrected chi connectivity index (χ1v) is 5.78. The highest BCUT2D eigenvalue weighted by molar-refractivity contribution is 5.87. The van der Waals surface area contributed by atoms with Gasteiger partial charge >= 0.3 is 5.97 Å². The van der Waals surface area contributed by atoms with Crippen LogP contribution < -0.4 is 10.6 Å².